The summed E-state index contributed by atoms with van der Waals surface area (Å²) in [6, 6.07) is 2.24. The highest BCUT2D eigenvalue weighted by Gasteiger charge is 2.17. The quantitative estimate of drug-likeness (QED) is 0.500. The Bertz CT molecular complexity index is 864. The molecule has 2 atom stereocenters. The first-order valence-electron chi connectivity index (χ1n) is 9.09. The predicted molar refractivity (Wildman–Crippen MR) is 106 cm³/mol. The van der Waals surface area contributed by atoms with Crippen molar-refractivity contribution >= 4 is 23.1 Å². The van der Waals surface area contributed by atoms with Gasteiger partial charge in [0.05, 0.1) is 6.20 Å². The van der Waals surface area contributed by atoms with E-state index in [-0.39, 0.29) is 0 Å². The molecule has 0 bridgehead atoms. The molecule has 0 fully saturated rings. The number of nitrogens with zero attached hydrogens (tertiary/aromatic N) is 4. The lowest BCUT2D eigenvalue weighted by Crippen LogP contribution is -2.23. The summed E-state index contributed by atoms with van der Waals surface area (Å²) in [6.45, 7) is 10.4. The minimum atomic E-state index is 0.293. The van der Waals surface area contributed by atoms with Gasteiger partial charge in [-0.05, 0) is 25.7 Å². The number of hydrogen-bond acceptors (Lipinski definition) is 5. The van der Waals surface area contributed by atoms with Crippen LogP contribution in [0.25, 0.3) is 5.52 Å². The fourth-order valence-electron chi connectivity index (χ4n) is 2.99. The highest BCUT2D eigenvalue weighted by molar-refractivity contribution is 5.75. The summed E-state index contributed by atoms with van der Waals surface area (Å²) in [5.41, 5.74) is 1.89. The van der Waals surface area contributed by atoms with Crippen LogP contribution in [0, 0.1) is 12.8 Å². The van der Waals surface area contributed by atoms with Gasteiger partial charge < -0.3 is 10.6 Å². The molecule has 7 heteroatoms. The third-order valence-electron chi connectivity index (χ3n) is 4.57. The zero-order valence-corrected chi connectivity index (χ0v) is 15.7. The lowest BCUT2D eigenvalue weighted by atomic mass is 9.97. The molecule has 0 saturated heterocycles. The third kappa shape index (κ3) is 4.04. The van der Waals surface area contributed by atoms with Crippen molar-refractivity contribution in [1.29, 1.82) is 0 Å². The molecule has 138 valence electrons. The lowest BCUT2D eigenvalue weighted by molar-refractivity contribution is 0.468. The molecule has 3 N–H and O–H groups in total. The molecule has 3 aromatic heterocycles. The van der Waals surface area contributed by atoms with E-state index in [1.807, 2.05) is 29.7 Å². The zero-order valence-electron chi connectivity index (χ0n) is 15.7. The van der Waals surface area contributed by atoms with Crippen LogP contribution in [0.1, 0.15) is 38.8 Å². The van der Waals surface area contributed by atoms with E-state index in [4.69, 9.17) is 4.98 Å². The summed E-state index contributed by atoms with van der Waals surface area (Å²) in [6.07, 6.45) is 10.6. The largest absolute Gasteiger partial charge is 0.352 e. The smallest absolute Gasteiger partial charge is 0.209 e. The number of aromatic nitrogens is 5. The van der Waals surface area contributed by atoms with Gasteiger partial charge in [-0.25, -0.2) is 0 Å². The first-order chi connectivity index (χ1) is 12.6. The monoisotopic (exact) mass is 353 g/mol. The number of hydrogen-bond donors (Lipinski definition) is 3. The number of anilines is 3. The van der Waals surface area contributed by atoms with Crippen molar-refractivity contribution in [3.05, 3.63) is 43.0 Å². The molecule has 3 aromatic rings. The second-order valence-corrected chi connectivity index (χ2v) is 6.79. The van der Waals surface area contributed by atoms with Crippen molar-refractivity contribution in [2.45, 2.75) is 46.1 Å². The average molecular weight is 353 g/mol. The molecule has 2 unspecified atom stereocenters. The maximum Gasteiger partial charge on any atom is 0.209 e. The Morgan fingerprint density at radius 3 is 2.96 bits per heavy atom. The van der Waals surface area contributed by atoms with Gasteiger partial charge in [0.2, 0.25) is 5.95 Å². The lowest BCUT2D eigenvalue weighted by Gasteiger charge is -2.20. The number of aryl methyl sites for hydroxylation is 1. The molecular weight excluding hydrogens is 326 g/mol. The zero-order chi connectivity index (χ0) is 18.5. The Kier molecular flexibility index (Phi) is 5.55. The van der Waals surface area contributed by atoms with E-state index < -0.39 is 0 Å². The molecule has 0 radical (unpaired) electrons. The van der Waals surface area contributed by atoms with Crippen molar-refractivity contribution in [2.24, 2.45) is 5.92 Å². The van der Waals surface area contributed by atoms with Crippen molar-refractivity contribution in [3.63, 3.8) is 0 Å². The van der Waals surface area contributed by atoms with Gasteiger partial charge in [0.25, 0.3) is 0 Å². The second kappa shape index (κ2) is 8.03. The van der Waals surface area contributed by atoms with Gasteiger partial charge in [-0.3, -0.25) is 14.5 Å². The van der Waals surface area contributed by atoms with E-state index in [1.54, 1.807) is 12.4 Å². The van der Waals surface area contributed by atoms with E-state index in [9.17, 15) is 0 Å². The number of rotatable bonds is 9. The molecule has 0 aromatic carbocycles. The van der Waals surface area contributed by atoms with Crippen LogP contribution in [-0.4, -0.2) is 30.6 Å². The molecule has 0 spiro atoms. The molecule has 26 heavy (non-hydrogen) atoms. The third-order valence-corrected chi connectivity index (χ3v) is 4.57. The number of H-pyrrole nitrogens is 1. The number of aromatic amines is 1. The summed E-state index contributed by atoms with van der Waals surface area (Å²) in [7, 11) is 0. The Morgan fingerprint density at radius 2 is 2.27 bits per heavy atom. The summed E-state index contributed by atoms with van der Waals surface area (Å²) in [5.74, 6) is 2.91. The standard InChI is InChI=1S/C19H27N7/c1-5-7-15(10-13(3)6-2)21-19-23-18(16-12-20-8-9-26(16)19)22-17-11-14(4)24-25-17/h5,8-9,11-13,15H,1,6-7,10H2,2-4H3,(H,21,23)(H2,22,24,25). The normalized spacial score (nSPS) is 13.5. The number of imidazole rings is 1. The molecule has 0 aliphatic heterocycles. The van der Waals surface area contributed by atoms with Gasteiger partial charge in [-0.1, -0.05) is 26.3 Å². The first-order valence-corrected chi connectivity index (χ1v) is 9.09. The summed E-state index contributed by atoms with van der Waals surface area (Å²) in [5, 5.41) is 14.0. The van der Waals surface area contributed by atoms with Gasteiger partial charge in [-0.2, -0.15) is 10.1 Å². The van der Waals surface area contributed by atoms with Crippen LogP contribution in [-0.2, 0) is 0 Å². The van der Waals surface area contributed by atoms with Crippen molar-refractivity contribution in [2.75, 3.05) is 10.6 Å². The molecule has 7 nitrogen and oxygen atoms in total. The fraction of sp³-hybridized carbons (Fsp3) is 0.421. The first kappa shape index (κ1) is 18.0. The summed E-state index contributed by atoms with van der Waals surface area (Å²) in [4.78, 5) is 9.00. The minimum Gasteiger partial charge on any atom is -0.352 e. The van der Waals surface area contributed by atoms with Gasteiger partial charge in [0, 0.05) is 30.2 Å². The van der Waals surface area contributed by atoms with Crippen LogP contribution in [0.5, 0.6) is 0 Å². The topological polar surface area (TPSA) is 82.9 Å². The van der Waals surface area contributed by atoms with Gasteiger partial charge in [0.15, 0.2) is 11.6 Å². The van der Waals surface area contributed by atoms with Gasteiger partial charge >= 0.3 is 0 Å². The van der Waals surface area contributed by atoms with Crippen molar-refractivity contribution < 1.29 is 0 Å². The van der Waals surface area contributed by atoms with Crippen molar-refractivity contribution in [1.82, 2.24) is 24.6 Å². The Hall–Kier alpha value is -2.83. The van der Waals surface area contributed by atoms with Crippen molar-refractivity contribution in [3.8, 4) is 0 Å². The van der Waals surface area contributed by atoms with Gasteiger partial charge in [-0.15, -0.1) is 6.58 Å². The minimum absolute atomic E-state index is 0.293. The fourth-order valence-corrected chi connectivity index (χ4v) is 2.99. The molecular formula is C19H27N7. The van der Waals surface area contributed by atoms with E-state index >= 15 is 0 Å². The summed E-state index contributed by atoms with van der Waals surface area (Å²) >= 11 is 0. The highest BCUT2D eigenvalue weighted by Crippen LogP contribution is 2.25. The summed E-state index contributed by atoms with van der Waals surface area (Å²) < 4.78 is 2.02. The van der Waals surface area contributed by atoms with Crippen LogP contribution in [0.15, 0.2) is 37.3 Å². The van der Waals surface area contributed by atoms with Crippen LogP contribution >= 0.6 is 0 Å². The van der Waals surface area contributed by atoms with E-state index in [0.29, 0.717) is 12.0 Å². The number of fused-ring (bicyclic) bond motifs is 1. The molecule has 3 rings (SSSR count). The average Bonchev–Trinajstić information content (AvgIpc) is 3.19. The van der Waals surface area contributed by atoms with Crippen LogP contribution < -0.4 is 10.6 Å². The number of nitrogens with one attached hydrogen (secondary N) is 3. The maximum absolute atomic E-state index is 4.76. The van der Waals surface area contributed by atoms with E-state index in [0.717, 1.165) is 48.1 Å². The van der Waals surface area contributed by atoms with Crippen LogP contribution in [0.4, 0.5) is 17.6 Å². The molecule has 0 aliphatic carbocycles. The second-order valence-electron chi connectivity index (χ2n) is 6.79. The Balaban J connectivity index is 1.88. The highest BCUT2D eigenvalue weighted by atomic mass is 15.3. The van der Waals surface area contributed by atoms with Crippen LogP contribution in [0.2, 0.25) is 0 Å². The molecule has 0 saturated carbocycles. The Labute approximate surface area is 154 Å². The predicted octanol–water partition coefficient (Wildman–Crippen LogP) is 4.30. The molecule has 0 aliphatic rings. The van der Waals surface area contributed by atoms with E-state index in [1.165, 1.54) is 0 Å². The van der Waals surface area contributed by atoms with Gasteiger partial charge in [0.1, 0.15) is 5.52 Å². The molecule has 3 heterocycles. The van der Waals surface area contributed by atoms with E-state index in [2.05, 4.69) is 46.2 Å². The Morgan fingerprint density at radius 1 is 1.42 bits per heavy atom. The van der Waals surface area contributed by atoms with Crippen LogP contribution in [0.3, 0.4) is 0 Å². The maximum atomic E-state index is 4.76. The molecule has 0 amide bonds. The SMILES string of the molecule is C=CCC(CC(C)CC)Nc1nc(Nc2cc(C)[nH]n2)c2cnccn12.